The summed E-state index contributed by atoms with van der Waals surface area (Å²) in [6, 6.07) is 0. The maximum Gasteiger partial charge on any atom is 0.192 e. The summed E-state index contributed by atoms with van der Waals surface area (Å²) in [5.41, 5.74) is 2.70. The van der Waals surface area contributed by atoms with Crippen LogP contribution < -0.4 is 0 Å². The molecule has 0 radical (unpaired) electrons. The zero-order chi connectivity index (χ0) is 26.9. The van der Waals surface area contributed by atoms with Crippen LogP contribution in [0.5, 0.6) is 0 Å². The molecule has 0 aromatic heterocycles. The van der Waals surface area contributed by atoms with Crippen molar-refractivity contribution in [3.05, 3.63) is 11.6 Å². The summed E-state index contributed by atoms with van der Waals surface area (Å²) >= 11 is 0. The number of hydrogen-bond donors (Lipinski definition) is 1. The first kappa shape index (κ1) is 29.1. The van der Waals surface area contributed by atoms with Crippen molar-refractivity contribution in [2.45, 2.75) is 155 Å². The molecule has 0 amide bonds. The topological polar surface area (TPSA) is 29.5 Å². The molecule has 0 bridgehead atoms. The fourth-order valence-corrected chi connectivity index (χ4v) is 11.2. The van der Waals surface area contributed by atoms with Crippen LogP contribution in [0, 0.1) is 34.5 Å². The molecule has 3 fully saturated rings. The van der Waals surface area contributed by atoms with Crippen LogP contribution in [0.2, 0.25) is 36.3 Å². The molecule has 0 aromatic rings. The molecule has 0 spiro atoms. The molecule has 4 aliphatic carbocycles. The molecule has 7 atom stereocenters. The maximum absolute atomic E-state index is 11.0. The molecule has 0 saturated heterocycles. The highest BCUT2D eigenvalue weighted by atomic mass is 28.4. The van der Waals surface area contributed by atoms with E-state index in [0.717, 1.165) is 23.7 Å². The lowest BCUT2D eigenvalue weighted by Crippen LogP contribution is -2.53. The highest BCUT2D eigenvalue weighted by Crippen LogP contribution is 2.68. The molecule has 0 heterocycles. The number of fused-ring (bicyclic) bond motifs is 5. The average molecular weight is 533 g/mol. The molecule has 2 nitrogen and oxygen atoms in total. The third-order valence-corrected chi connectivity index (χ3v) is 21.3. The molecule has 4 aliphatic rings. The van der Waals surface area contributed by atoms with E-state index in [2.05, 4.69) is 80.7 Å². The van der Waals surface area contributed by atoms with Crippen molar-refractivity contribution in [3.8, 4) is 0 Å². The third kappa shape index (κ3) is 4.70. The summed E-state index contributed by atoms with van der Waals surface area (Å²) in [6.07, 6.45) is 16.5. The smallest absolute Gasteiger partial charge is 0.192 e. The average Bonchev–Trinajstić information content (AvgIpc) is 3.07. The molecular formula is C32H60O2Si2. The van der Waals surface area contributed by atoms with E-state index in [4.69, 9.17) is 4.43 Å². The van der Waals surface area contributed by atoms with Gasteiger partial charge in [0.15, 0.2) is 16.6 Å². The van der Waals surface area contributed by atoms with E-state index >= 15 is 0 Å². The van der Waals surface area contributed by atoms with Crippen LogP contribution in [-0.4, -0.2) is 27.5 Å². The molecule has 4 rings (SSSR count). The first-order valence-electron chi connectivity index (χ1n) is 15.5. The highest BCUT2D eigenvalue weighted by Gasteiger charge is 2.60. The molecule has 208 valence electrons. The Hall–Kier alpha value is 0.0938. The lowest BCUT2D eigenvalue weighted by molar-refractivity contribution is -0.0587. The van der Waals surface area contributed by atoms with Gasteiger partial charge in [-0.2, -0.15) is 0 Å². The van der Waals surface area contributed by atoms with Gasteiger partial charge in [-0.05, 0) is 135 Å². The first-order valence-corrected chi connectivity index (χ1v) is 21.3. The molecule has 36 heavy (non-hydrogen) atoms. The Balaban J connectivity index is 1.54. The van der Waals surface area contributed by atoms with Crippen LogP contribution in [0.3, 0.4) is 0 Å². The van der Waals surface area contributed by atoms with Gasteiger partial charge in [-0.25, -0.2) is 0 Å². The van der Waals surface area contributed by atoms with Crippen molar-refractivity contribution in [2.24, 2.45) is 34.5 Å². The summed E-state index contributed by atoms with van der Waals surface area (Å²) in [4.78, 5) is 11.0. The number of rotatable bonds is 6. The molecule has 3 unspecified atom stereocenters. The van der Waals surface area contributed by atoms with Gasteiger partial charge in [-0.1, -0.05) is 60.1 Å². The number of hydrogen-bond acceptors (Lipinski definition) is 2. The second-order valence-electron chi connectivity index (χ2n) is 16.6. The minimum Gasteiger partial charge on any atom is -0.432 e. The molecule has 0 aromatic carbocycles. The van der Waals surface area contributed by atoms with Gasteiger partial charge in [-0.3, -0.25) is 0 Å². The largest absolute Gasteiger partial charge is 0.432 e. The normalized spacial score (nSPS) is 39.8. The predicted molar refractivity (Wildman–Crippen MR) is 160 cm³/mol. The van der Waals surface area contributed by atoms with Crippen LogP contribution in [0.15, 0.2) is 11.6 Å². The zero-order valence-electron chi connectivity index (χ0n) is 25.9. The van der Waals surface area contributed by atoms with Crippen LogP contribution in [-0.2, 0) is 4.43 Å². The Morgan fingerprint density at radius 1 is 0.972 bits per heavy atom. The van der Waals surface area contributed by atoms with Gasteiger partial charge >= 0.3 is 0 Å². The van der Waals surface area contributed by atoms with Crippen molar-refractivity contribution in [3.63, 3.8) is 0 Å². The van der Waals surface area contributed by atoms with E-state index in [1.54, 1.807) is 5.57 Å². The maximum atomic E-state index is 11.0. The van der Waals surface area contributed by atoms with Crippen LogP contribution in [0.1, 0.15) is 113 Å². The second-order valence-corrected chi connectivity index (χ2v) is 25.8. The van der Waals surface area contributed by atoms with Gasteiger partial charge in [-0.15, -0.1) is 0 Å². The Morgan fingerprint density at radius 2 is 1.64 bits per heavy atom. The predicted octanol–water partition coefficient (Wildman–Crippen LogP) is 9.71. The van der Waals surface area contributed by atoms with Crippen molar-refractivity contribution in [1.29, 1.82) is 0 Å². The summed E-state index contributed by atoms with van der Waals surface area (Å²) in [7, 11) is -3.90. The summed E-state index contributed by atoms with van der Waals surface area (Å²) < 4.78 is 6.97. The van der Waals surface area contributed by atoms with Crippen molar-refractivity contribution in [1.82, 2.24) is 0 Å². The van der Waals surface area contributed by atoms with Gasteiger partial charge in [0, 0.05) is 6.10 Å². The monoisotopic (exact) mass is 532 g/mol. The van der Waals surface area contributed by atoms with Crippen molar-refractivity contribution >= 4 is 16.6 Å². The van der Waals surface area contributed by atoms with E-state index in [0.29, 0.717) is 16.9 Å². The summed E-state index contributed by atoms with van der Waals surface area (Å²) in [5, 5.41) is 0.382. The molecule has 3 saturated carbocycles. The Morgan fingerprint density at radius 3 is 2.22 bits per heavy atom. The quantitative estimate of drug-likeness (QED) is 0.272. The van der Waals surface area contributed by atoms with E-state index < -0.39 is 16.6 Å². The van der Waals surface area contributed by atoms with Crippen LogP contribution in [0.25, 0.3) is 0 Å². The van der Waals surface area contributed by atoms with Gasteiger partial charge in [0.25, 0.3) is 0 Å². The van der Waals surface area contributed by atoms with E-state index in [9.17, 15) is 4.80 Å². The standard InChI is InChI=1S/C32H60O2Si2/c1-12-32-20-17-25(34-36(10,11)29(2,3)4)21-23(32)13-15-26-27-16-14-24(22-30(5,6)35(8,9)33)31(27,7)19-18-28(26)32/h13,24-28,33H,12,14-22H2,1-11H3/t24-,25+,26?,27?,28?,31-,32+/m1/s1. The summed E-state index contributed by atoms with van der Waals surface area (Å²) in [5.74, 6) is 3.42. The van der Waals surface area contributed by atoms with E-state index in [1.165, 1.54) is 64.2 Å². The molecular weight excluding hydrogens is 473 g/mol. The molecule has 0 aliphatic heterocycles. The van der Waals surface area contributed by atoms with E-state index in [1.807, 2.05) is 0 Å². The van der Waals surface area contributed by atoms with Crippen molar-refractivity contribution in [2.75, 3.05) is 0 Å². The summed E-state index contributed by atoms with van der Waals surface area (Å²) in [6.45, 7) is 26.2. The van der Waals surface area contributed by atoms with Gasteiger partial charge in [0.1, 0.15) is 0 Å². The Bertz CT molecular complexity index is 847. The van der Waals surface area contributed by atoms with Gasteiger partial charge < -0.3 is 9.22 Å². The van der Waals surface area contributed by atoms with Crippen LogP contribution >= 0.6 is 0 Å². The fourth-order valence-electron chi connectivity index (χ4n) is 9.09. The second kappa shape index (κ2) is 9.34. The lowest BCUT2D eigenvalue weighted by Gasteiger charge is -2.60. The van der Waals surface area contributed by atoms with Gasteiger partial charge in [0.2, 0.25) is 0 Å². The third-order valence-electron chi connectivity index (χ3n) is 13.3. The first-order chi connectivity index (χ1) is 16.4. The van der Waals surface area contributed by atoms with Crippen molar-refractivity contribution < 1.29 is 9.22 Å². The van der Waals surface area contributed by atoms with Crippen LogP contribution in [0.4, 0.5) is 0 Å². The van der Waals surface area contributed by atoms with E-state index in [-0.39, 0.29) is 10.1 Å². The fraction of sp³-hybridized carbons (Fsp3) is 0.938. The van der Waals surface area contributed by atoms with Gasteiger partial charge in [0.05, 0.1) is 0 Å². The lowest BCUT2D eigenvalue weighted by atomic mass is 9.46. The minimum absolute atomic E-state index is 0.0964. The SMILES string of the molecule is CC[C@]12CC[C@H](O[Si](C)(C)C(C)(C)C)CC1=CCC1C2CC[C@@]2(C)C1CC[C@@H]2CC(C)(C)[Si](C)(C)O. The minimum atomic E-state index is -2.17. The Kier molecular flexibility index (Phi) is 7.54. The zero-order valence-corrected chi connectivity index (χ0v) is 27.9. The number of allylic oxidation sites excluding steroid dienone is 1. The Labute approximate surface area is 226 Å². The highest BCUT2D eigenvalue weighted by molar-refractivity contribution is 6.74. The molecule has 4 heteroatoms. The molecule has 1 N–H and O–H groups in total.